The quantitative estimate of drug-likeness (QED) is 0.910. The van der Waals surface area contributed by atoms with Crippen LogP contribution in [0.25, 0.3) is 0 Å². The zero-order chi connectivity index (χ0) is 15.7. The summed E-state index contributed by atoms with van der Waals surface area (Å²) in [5.74, 6) is 0.589. The molecular weight excluding hydrogens is 274 g/mol. The number of carbonyl (C=O) groups excluding carboxylic acids is 1. The molecule has 0 spiro atoms. The summed E-state index contributed by atoms with van der Waals surface area (Å²) in [6, 6.07) is 0. The highest BCUT2D eigenvalue weighted by Gasteiger charge is 2.26. The second-order valence-corrected chi connectivity index (χ2v) is 6.23. The molecule has 1 unspecified atom stereocenters. The SMILES string of the molecule is Cc1c(CN)c[nH+]cc1C1C=CC2=C(CCCC(=O)N2C)C1. The third-order valence-electron chi connectivity index (χ3n) is 4.95. The highest BCUT2D eigenvalue weighted by molar-refractivity contribution is 5.79. The lowest BCUT2D eigenvalue weighted by molar-refractivity contribution is -0.379. The molecule has 4 nitrogen and oxygen atoms in total. The number of rotatable bonds is 2. The largest absolute Gasteiger partial charge is 0.326 e. The van der Waals surface area contributed by atoms with E-state index in [9.17, 15) is 4.79 Å². The number of likely N-dealkylation sites (N-methyl/N-ethyl adjacent to an activating group) is 1. The summed E-state index contributed by atoms with van der Waals surface area (Å²) in [5.41, 5.74) is 12.1. The van der Waals surface area contributed by atoms with Gasteiger partial charge in [0.2, 0.25) is 5.91 Å². The Balaban J connectivity index is 1.91. The first-order valence-corrected chi connectivity index (χ1v) is 7.98. The Bertz CT molecular complexity index is 660. The Kier molecular flexibility index (Phi) is 4.12. The number of pyridine rings is 1. The first kappa shape index (κ1) is 15.0. The number of aromatic amines is 1. The number of carbonyl (C=O) groups is 1. The molecule has 1 atom stereocenters. The van der Waals surface area contributed by atoms with Gasteiger partial charge in [-0.15, -0.1) is 0 Å². The van der Waals surface area contributed by atoms with Crippen LogP contribution in [0.3, 0.4) is 0 Å². The summed E-state index contributed by atoms with van der Waals surface area (Å²) >= 11 is 0. The van der Waals surface area contributed by atoms with Crippen LogP contribution in [0.15, 0.2) is 35.8 Å². The summed E-state index contributed by atoms with van der Waals surface area (Å²) in [4.78, 5) is 17.0. The smallest absolute Gasteiger partial charge is 0.226 e. The summed E-state index contributed by atoms with van der Waals surface area (Å²) in [7, 11) is 1.89. The van der Waals surface area contributed by atoms with E-state index in [1.165, 1.54) is 22.3 Å². The van der Waals surface area contributed by atoms with Crippen molar-refractivity contribution in [2.24, 2.45) is 5.73 Å². The predicted octanol–water partition coefficient (Wildman–Crippen LogP) is 2.21. The van der Waals surface area contributed by atoms with E-state index in [0.717, 1.165) is 25.0 Å². The van der Waals surface area contributed by atoms with Crippen molar-refractivity contribution in [2.75, 3.05) is 7.05 Å². The molecule has 1 aromatic heterocycles. The van der Waals surface area contributed by atoms with Crippen molar-refractivity contribution >= 4 is 5.91 Å². The number of hydrogen-bond acceptors (Lipinski definition) is 2. The molecule has 3 rings (SSSR count). The number of H-pyrrole nitrogens is 1. The third kappa shape index (κ3) is 2.59. The van der Waals surface area contributed by atoms with E-state index in [0.29, 0.717) is 18.9 Å². The van der Waals surface area contributed by atoms with E-state index in [4.69, 9.17) is 5.73 Å². The Morgan fingerprint density at radius 1 is 1.36 bits per heavy atom. The number of hydrogen-bond donors (Lipinski definition) is 1. The fourth-order valence-electron chi connectivity index (χ4n) is 3.54. The van der Waals surface area contributed by atoms with E-state index < -0.39 is 0 Å². The van der Waals surface area contributed by atoms with E-state index in [-0.39, 0.29) is 5.91 Å². The van der Waals surface area contributed by atoms with Crippen LogP contribution in [0.2, 0.25) is 0 Å². The van der Waals surface area contributed by atoms with Crippen LogP contribution in [-0.2, 0) is 11.3 Å². The van der Waals surface area contributed by atoms with E-state index in [1.54, 1.807) is 0 Å². The molecule has 0 radical (unpaired) electrons. The number of amides is 1. The van der Waals surface area contributed by atoms with Gasteiger partial charge in [-0.25, -0.2) is 4.98 Å². The number of nitrogens with zero attached hydrogens (tertiary/aromatic N) is 1. The maximum Gasteiger partial charge on any atom is 0.226 e. The van der Waals surface area contributed by atoms with Crippen molar-refractivity contribution in [1.82, 2.24) is 4.90 Å². The molecule has 0 aromatic carbocycles. The first-order valence-electron chi connectivity index (χ1n) is 7.98. The van der Waals surface area contributed by atoms with Gasteiger partial charge in [-0.2, -0.15) is 0 Å². The van der Waals surface area contributed by atoms with Crippen molar-refractivity contribution < 1.29 is 9.78 Å². The molecular formula is C18H24N3O+. The fraction of sp³-hybridized carbons (Fsp3) is 0.444. The Hall–Kier alpha value is -1.94. The second kappa shape index (κ2) is 6.05. The van der Waals surface area contributed by atoms with Crippen LogP contribution < -0.4 is 10.7 Å². The van der Waals surface area contributed by atoms with Crippen LogP contribution in [0, 0.1) is 6.92 Å². The molecule has 2 heterocycles. The van der Waals surface area contributed by atoms with Gasteiger partial charge >= 0.3 is 0 Å². The van der Waals surface area contributed by atoms with Crippen molar-refractivity contribution in [2.45, 2.75) is 45.1 Å². The maximum atomic E-state index is 12.0. The van der Waals surface area contributed by atoms with Gasteiger partial charge in [-0.1, -0.05) is 6.08 Å². The number of nitrogens with two attached hydrogens (primary N) is 1. The minimum absolute atomic E-state index is 0.225. The molecule has 4 heteroatoms. The van der Waals surface area contributed by atoms with Crippen molar-refractivity contribution in [3.05, 3.63) is 52.5 Å². The molecule has 22 heavy (non-hydrogen) atoms. The predicted molar refractivity (Wildman–Crippen MR) is 85.8 cm³/mol. The zero-order valence-corrected chi connectivity index (χ0v) is 13.4. The average molecular weight is 298 g/mol. The van der Waals surface area contributed by atoms with Gasteiger partial charge in [0.05, 0.1) is 0 Å². The molecule has 1 aliphatic carbocycles. The molecule has 1 amide bonds. The van der Waals surface area contributed by atoms with Crippen LogP contribution in [0.5, 0.6) is 0 Å². The summed E-state index contributed by atoms with van der Waals surface area (Å²) in [6.45, 7) is 2.70. The molecule has 1 aliphatic heterocycles. The number of nitrogens with one attached hydrogen (secondary N) is 1. The van der Waals surface area contributed by atoms with Crippen molar-refractivity contribution in [3.8, 4) is 0 Å². The molecule has 3 N–H and O–H groups in total. The van der Waals surface area contributed by atoms with Crippen molar-refractivity contribution in [1.29, 1.82) is 0 Å². The normalized spacial score (nSPS) is 21.9. The standard InChI is InChI=1S/C18H23N3O/c1-12-15(9-19)10-20-11-16(12)13-6-7-17-14(8-13)4-3-5-18(22)21(17)2/h6-7,10-11,13H,3-5,8-9,19H2,1-2H3/p+1. The molecule has 2 aliphatic rings. The minimum atomic E-state index is 0.225. The molecule has 0 bridgehead atoms. The summed E-state index contributed by atoms with van der Waals surface area (Å²) < 4.78 is 0. The highest BCUT2D eigenvalue weighted by atomic mass is 16.2. The topological polar surface area (TPSA) is 60.5 Å². The lowest BCUT2D eigenvalue weighted by Gasteiger charge is -2.26. The van der Waals surface area contributed by atoms with Gasteiger partial charge in [0.15, 0.2) is 12.4 Å². The van der Waals surface area contributed by atoms with Gasteiger partial charge in [-0.3, -0.25) is 4.79 Å². The first-order chi connectivity index (χ1) is 10.6. The van der Waals surface area contributed by atoms with Crippen LogP contribution in [-0.4, -0.2) is 17.9 Å². The number of aromatic nitrogens is 1. The lowest BCUT2D eigenvalue weighted by Crippen LogP contribution is -2.25. The summed E-state index contributed by atoms with van der Waals surface area (Å²) in [6.07, 6.45) is 12.0. The van der Waals surface area contributed by atoms with Gasteiger partial charge in [0, 0.05) is 42.8 Å². The van der Waals surface area contributed by atoms with Gasteiger partial charge in [-0.05, 0) is 43.4 Å². The second-order valence-electron chi connectivity index (χ2n) is 6.23. The molecule has 116 valence electrons. The minimum Gasteiger partial charge on any atom is -0.326 e. The lowest BCUT2D eigenvalue weighted by atomic mass is 9.83. The summed E-state index contributed by atoms with van der Waals surface area (Å²) in [5, 5.41) is 0. The van der Waals surface area contributed by atoms with Crippen LogP contribution in [0.1, 0.15) is 48.3 Å². The van der Waals surface area contributed by atoms with E-state index in [1.807, 2.05) is 18.1 Å². The Labute approximate surface area is 131 Å². The van der Waals surface area contributed by atoms with Crippen LogP contribution >= 0.6 is 0 Å². The molecule has 0 saturated carbocycles. The average Bonchev–Trinajstić information content (AvgIpc) is 2.67. The molecule has 0 fully saturated rings. The van der Waals surface area contributed by atoms with E-state index in [2.05, 4.69) is 30.3 Å². The monoisotopic (exact) mass is 298 g/mol. The molecule has 1 aromatic rings. The molecule has 0 saturated heterocycles. The van der Waals surface area contributed by atoms with Gasteiger partial charge in [0.25, 0.3) is 0 Å². The Morgan fingerprint density at radius 3 is 2.95 bits per heavy atom. The van der Waals surface area contributed by atoms with E-state index >= 15 is 0 Å². The third-order valence-corrected chi connectivity index (χ3v) is 4.95. The Morgan fingerprint density at radius 2 is 2.18 bits per heavy atom. The number of allylic oxidation sites excluding steroid dienone is 3. The van der Waals surface area contributed by atoms with Crippen molar-refractivity contribution in [3.63, 3.8) is 0 Å². The zero-order valence-electron chi connectivity index (χ0n) is 13.4. The van der Waals surface area contributed by atoms with Gasteiger partial charge < -0.3 is 10.6 Å². The fourth-order valence-corrected chi connectivity index (χ4v) is 3.54. The van der Waals surface area contributed by atoms with Gasteiger partial charge in [0.1, 0.15) is 0 Å². The van der Waals surface area contributed by atoms with Crippen LogP contribution in [0.4, 0.5) is 0 Å². The maximum absolute atomic E-state index is 12.0. The highest BCUT2D eigenvalue weighted by Crippen LogP contribution is 2.37.